The number of rotatable bonds is 11. The van der Waals surface area contributed by atoms with Gasteiger partial charge in [0.1, 0.15) is 19.8 Å². The van der Waals surface area contributed by atoms with E-state index < -0.39 is 22.0 Å². The van der Waals surface area contributed by atoms with Crippen LogP contribution in [0.4, 0.5) is 0 Å². The van der Waals surface area contributed by atoms with Gasteiger partial charge in [0, 0.05) is 32.6 Å². The van der Waals surface area contributed by atoms with Crippen molar-refractivity contribution in [1.29, 1.82) is 0 Å². The lowest BCUT2D eigenvalue weighted by Gasteiger charge is -2.12. The maximum Gasteiger partial charge on any atom is 0.697 e. The summed E-state index contributed by atoms with van der Waals surface area (Å²) in [5, 5.41) is 0. The van der Waals surface area contributed by atoms with E-state index in [0.29, 0.717) is 0 Å². The Morgan fingerprint density at radius 2 is 1.33 bits per heavy atom. The molecule has 0 saturated carbocycles. The maximum atomic E-state index is 11.2. The number of carbonyl (C=O) groups excluding carboxylic acids is 2. The van der Waals surface area contributed by atoms with Crippen LogP contribution in [0.15, 0.2) is 0 Å². The third-order valence-electron chi connectivity index (χ3n) is 1.82. The molecule has 0 N–H and O–H groups in total. The lowest BCUT2D eigenvalue weighted by Crippen LogP contribution is -2.07. The van der Waals surface area contributed by atoms with E-state index in [1.54, 1.807) is 0 Å². The van der Waals surface area contributed by atoms with Crippen LogP contribution in [-0.2, 0) is 50.8 Å². The predicted molar refractivity (Wildman–Crippen MR) is 81.4 cm³/mol. The molecule has 0 bridgehead atoms. The van der Waals surface area contributed by atoms with Crippen LogP contribution in [0, 0.1) is 0 Å². The second kappa shape index (κ2) is 15.6. The second-order valence-electron chi connectivity index (χ2n) is 3.57. The Bertz CT molecular complexity index is 418. The van der Waals surface area contributed by atoms with Crippen LogP contribution in [0.1, 0.15) is 13.8 Å². The highest BCUT2D eigenvalue weighted by Crippen LogP contribution is 2.47. The van der Waals surface area contributed by atoms with Gasteiger partial charge in [-0.3, -0.25) is 23.2 Å². The molecule has 1 atom stereocenters. The van der Waals surface area contributed by atoms with E-state index in [0.717, 1.165) is 0 Å². The fourth-order valence-corrected chi connectivity index (χ4v) is 1.85. The molecule has 0 heterocycles. The van der Waals surface area contributed by atoms with Crippen LogP contribution in [0.5, 0.6) is 0 Å². The lowest BCUT2D eigenvalue weighted by atomic mass is 10.7. The van der Waals surface area contributed by atoms with E-state index in [9.17, 15) is 18.7 Å². The maximum absolute atomic E-state index is 11.2. The van der Waals surface area contributed by atoms with Crippen molar-refractivity contribution >= 4 is 28.0 Å². The fourth-order valence-electron chi connectivity index (χ4n) is 0.864. The summed E-state index contributed by atoms with van der Waals surface area (Å²) in [6.07, 6.45) is 0. The Hall–Kier alpha value is -0.930. The zero-order valence-electron chi connectivity index (χ0n) is 14.2. The van der Waals surface area contributed by atoms with Gasteiger partial charge in [-0.1, -0.05) is 0 Å². The Labute approximate surface area is 141 Å². The second-order valence-corrected chi connectivity index (χ2v) is 6.52. The van der Waals surface area contributed by atoms with Crippen LogP contribution in [0.25, 0.3) is 0 Å². The van der Waals surface area contributed by atoms with E-state index in [4.69, 9.17) is 4.52 Å². The number of hydrogen-bond donors (Lipinski definition) is 0. The molecule has 0 amide bonds. The molecule has 0 spiro atoms. The van der Waals surface area contributed by atoms with Crippen molar-refractivity contribution in [2.45, 2.75) is 13.8 Å². The average Bonchev–Trinajstić information content (AvgIpc) is 2.55. The normalized spacial score (nSPS) is 11.1. The van der Waals surface area contributed by atoms with E-state index in [1.807, 2.05) is 0 Å². The molecule has 0 rings (SSSR count). The number of hydrogen-bond acceptors (Lipinski definition) is 11. The Morgan fingerprint density at radius 3 is 1.71 bits per heavy atom. The molecule has 142 valence electrons. The predicted octanol–water partition coefficient (Wildman–Crippen LogP) is 1.84. The topological polar surface area (TPSA) is 133 Å². The van der Waals surface area contributed by atoms with Gasteiger partial charge in [0.2, 0.25) is 0 Å². The van der Waals surface area contributed by atoms with Crippen molar-refractivity contribution in [1.82, 2.24) is 0 Å². The van der Waals surface area contributed by atoms with Crippen LogP contribution < -0.4 is 0 Å². The quantitative estimate of drug-likeness (QED) is 0.289. The van der Waals surface area contributed by atoms with Gasteiger partial charge in [0.15, 0.2) is 0 Å². The largest absolute Gasteiger partial charge is 0.697 e. The first-order chi connectivity index (χ1) is 11.2. The summed E-state index contributed by atoms with van der Waals surface area (Å²) in [6.45, 7) is 2.73. The van der Waals surface area contributed by atoms with Crippen molar-refractivity contribution in [3.63, 3.8) is 0 Å². The standard InChI is InChI=1S/C6H13O6P.C5H10O5P/c1-6(7)11-4-5-12-13(8,9-2)10-3;1-5(6)9-3-4-10-11(7)8-2/h4-5H2,1-3H3;3-4H2,1-2H3/q;+1. The molecule has 24 heavy (non-hydrogen) atoms. The lowest BCUT2D eigenvalue weighted by molar-refractivity contribution is -0.142. The number of esters is 2. The highest BCUT2D eigenvalue weighted by atomic mass is 31.2. The monoisotopic (exact) mass is 393 g/mol. The molecule has 0 aliphatic carbocycles. The van der Waals surface area contributed by atoms with E-state index >= 15 is 0 Å². The summed E-state index contributed by atoms with van der Waals surface area (Å²) in [6, 6.07) is 0. The van der Waals surface area contributed by atoms with Crippen LogP contribution in [0.3, 0.4) is 0 Å². The summed E-state index contributed by atoms with van der Waals surface area (Å²) in [5.74, 6) is -0.811. The van der Waals surface area contributed by atoms with Gasteiger partial charge in [-0.05, 0) is 0 Å². The van der Waals surface area contributed by atoms with Crippen molar-refractivity contribution in [3.05, 3.63) is 0 Å². The third kappa shape index (κ3) is 17.4. The molecule has 0 saturated heterocycles. The molecule has 1 unspecified atom stereocenters. The highest BCUT2D eigenvalue weighted by molar-refractivity contribution is 7.48. The molecule has 0 aromatic heterocycles. The summed E-state index contributed by atoms with van der Waals surface area (Å²) < 4.78 is 53.1. The Balaban J connectivity index is 0. The highest BCUT2D eigenvalue weighted by Gasteiger charge is 2.22. The van der Waals surface area contributed by atoms with Gasteiger partial charge in [0.05, 0.1) is 13.7 Å². The number of phosphoric ester groups is 1. The van der Waals surface area contributed by atoms with Gasteiger partial charge in [-0.15, -0.1) is 9.05 Å². The van der Waals surface area contributed by atoms with Crippen molar-refractivity contribution < 1.29 is 50.8 Å². The molecule has 11 nitrogen and oxygen atoms in total. The fraction of sp³-hybridized carbons (Fsp3) is 0.818. The molecule has 0 aromatic rings. The molecule has 13 heteroatoms. The number of ether oxygens (including phenoxy) is 2. The van der Waals surface area contributed by atoms with Crippen molar-refractivity contribution in [2.24, 2.45) is 0 Å². The average molecular weight is 393 g/mol. The van der Waals surface area contributed by atoms with Gasteiger partial charge >= 0.3 is 28.0 Å². The zero-order valence-corrected chi connectivity index (χ0v) is 16.0. The van der Waals surface area contributed by atoms with E-state index in [2.05, 4.69) is 27.6 Å². The van der Waals surface area contributed by atoms with E-state index in [1.165, 1.54) is 35.2 Å². The first-order valence-electron chi connectivity index (χ1n) is 6.47. The molecule has 0 aliphatic rings. The van der Waals surface area contributed by atoms with Crippen molar-refractivity contribution in [3.8, 4) is 0 Å². The third-order valence-corrected chi connectivity index (χ3v) is 3.90. The minimum absolute atomic E-state index is 0.0199. The summed E-state index contributed by atoms with van der Waals surface area (Å²) >= 11 is 0. The SMILES string of the molecule is COP(=O)(OC)OCCOC(C)=O.CO[P+](=O)OCCOC(C)=O. The smallest absolute Gasteiger partial charge is 0.463 e. The molecular formula is C11H23O11P2+. The van der Waals surface area contributed by atoms with Gasteiger partial charge in [-0.25, -0.2) is 4.57 Å². The van der Waals surface area contributed by atoms with Crippen molar-refractivity contribution in [2.75, 3.05) is 47.8 Å². The van der Waals surface area contributed by atoms with E-state index in [-0.39, 0.29) is 32.4 Å². The van der Waals surface area contributed by atoms with Crippen LogP contribution in [0.2, 0.25) is 0 Å². The number of carbonyl (C=O) groups is 2. The molecule has 0 fully saturated rings. The first-order valence-corrected chi connectivity index (χ1v) is 9.03. The minimum Gasteiger partial charge on any atom is -0.463 e. The minimum atomic E-state index is -3.43. The molecule has 0 aromatic carbocycles. The molecule has 0 aliphatic heterocycles. The van der Waals surface area contributed by atoms with Crippen LogP contribution in [-0.4, -0.2) is 59.7 Å². The summed E-state index contributed by atoms with van der Waals surface area (Å²) in [7, 11) is -1.81. The summed E-state index contributed by atoms with van der Waals surface area (Å²) in [4.78, 5) is 20.5. The Morgan fingerprint density at radius 1 is 0.875 bits per heavy atom. The molecule has 0 radical (unpaired) electrons. The summed E-state index contributed by atoms with van der Waals surface area (Å²) in [5.41, 5.74) is 0. The number of phosphoric acid groups is 1. The Kier molecular flexibility index (Phi) is 16.4. The first kappa shape index (κ1) is 25.3. The van der Waals surface area contributed by atoms with Gasteiger partial charge < -0.3 is 9.47 Å². The molecular weight excluding hydrogens is 370 g/mol. The van der Waals surface area contributed by atoms with Gasteiger partial charge in [0.25, 0.3) is 0 Å². The van der Waals surface area contributed by atoms with Crippen LogP contribution >= 0.6 is 16.1 Å². The zero-order chi connectivity index (χ0) is 19.0. The van der Waals surface area contributed by atoms with Gasteiger partial charge in [-0.2, -0.15) is 0 Å².